The van der Waals surface area contributed by atoms with Crippen LogP contribution in [0, 0.1) is 10.1 Å². The molecule has 0 atom stereocenters. The lowest BCUT2D eigenvalue weighted by atomic mass is 10.1. The Kier molecular flexibility index (Phi) is 5.59. The Morgan fingerprint density at radius 2 is 1.93 bits per heavy atom. The molecule has 0 spiro atoms. The van der Waals surface area contributed by atoms with E-state index in [4.69, 9.17) is 5.73 Å². The number of carbonyl (C=O) groups is 1. The Bertz CT molecular complexity index is 1080. The summed E-state index contributed by atoms with van der Waals surface area (Å²) in [7, 11) is 0. The number of imidazole rings is 1. The molecule has 0 aliphatic rings. The average Bonchev–Trinajstić information content (AvgIpc) is 3.10. The predicted molar refractivity (Wildman–Crippen MR) is 101 cm³/mol. The summed E-state index contributed by atoms with van der Waals surface area (Å²) in [5.41, 5.74) is 4.99. The lowest BCUT2D eigenvalue weighted by Gasteiger charge is -2.14. The monoisotopic (exact) mass is 422 g/mol. The number of alkyl halides is 3. The van der Waals surface area contributed by atoms with E-state index >= 15 is 0 Å². The Morgan fingerprint density at radius 3 is 2.59 bits per heavy atom. The molecule has 1 amide bonds. The molecule has 1 aromatic heterocycles. The Morgan fingerprint density at radius 1 is 1.21 bits per heavy atom. The predicted octanol–water partition coefficient (Wildman–Crippen LogP) is 4.04. The summed E-state index contributed by atoms with van der Waals surface area (Å²) in [6.45, 7) is 0. The van der Waals surface area contributed by atoms with Gasteiger partial charge in [0.25, 0.3) is 5.69 Å². The SMILES string of the molecule is NC(=O)CSc1ncc(-c2cccc([N+](=O)[O-])c2)n1-c1cccc(C(F)(F)F)c1. The normalized spacial score (nSPS) is 11.4. The van der Waals surface area contributed by atoms with Crippen molar-refractivity contribution in [3.63, 3.8) is 0 Å². The van der Waals surface area contributed by atoms with Gasteiger partial charge in [0.2, 0.25) is 5.91 Å². The quantitative estimate of drug-likeness (QED) is 0.367. The summed E-state index contributed by atoms with van der Waals surface area (Å²) in [6.07, 6.45) is -3.18. The van der Waals surface area contributed by atoms with Crippen LogP contribution in [0.15, 0.2) is 59.9 Å². The molecule has 0 saturated heterocycles. The van der Waals surface area contributed by atoms with Gasteiger partial charge in [0.05, 0.1) is 28.1 Å². The zero-order chi connectivity index (χ0) is 21.2. The molecule has 2 aromatic carbocycles. The van der Waals surface area contributed by atoms with Gasteiger partial charge in [-0.2, -0.15) is 13.2 Å². The molecule has 150 valence electrons. The number of halogens is 3. The van der Waals surface area contributed by atoms with Crippen LogP contribution in [0.2, 0.25) is 0 Å². The molecule has 11 heteroatoms. The summed E-state index contributed by atoms with van der Waals surface area (Å²) in [5.74, 6) is -0.754. The second kappa shape index (κ2) is 7.95. The minimum atomic E-state index is -4.55. The van der Waals surface area contributed by atoms with Crippen LogP contribution < -0.4 is 5.73 Å². The third-order valence-electron chi connectivity index (χ3n) is 3.86. The fraction of sp³-hybridized carbons (Fsp3) is 0.111. The minimum absolute atomic E-state index is 0.135. The molecule has 0 unspecified atom stereocenters. The summed E-state index contributed by atoms with van der Waals surface area (Å²) in [4.78, 5) is 25.8. The molecular weight excluding hydrogens is 409 g/mol. The molecule has 1 heterocycles. The van der Waals surface area contributed by atoms with Crippen LogP contribution >= 0.6 is 11.8 Å². The summed E-state index contributed by atoms with van der Waals surface area (Å²) >= 11 is 0.952. The molecule has 0 saturated carbocycles. The highest BCUT2D eigenvalue weighted by Crippen LogP contribution is 2.34. The smallest absolute Gasteiger partial charge is 0.369 e. The Labute approximate surface area is 166 Å². The molecule has 3 rings (SSSR count). The standard InChI is InChI=1S/C18H13F3N4O3S/c19-18(20,21)12-4-2-5-13(8-12)24-15(9-23-17(24)29-10-16(22)26)11-3-1-6-14(7-11)25(27)28/h1-9H,10H2,(H2,22,26). The van der Waals surface area contributed by atoms with Crippen LogP contribution in [0.1, 0.15) is 5.56 Å². The number of nitro benzene ring substituents is 1. The molecular formula is C18H13F3N4O3S. The maximum absolute atomic E-state index is 13.2. The van der Waals surface area contributed by atoms with E-state index < -0.39 is 22.6 Å². The summed E-state index contributed by atoms with van der Waals surface area (Å²) < 4.78 is 40.9. The van der Waals surface area contributed by atoms with Gasteiger partial charge >= 0.3 is 6.18 Å². The second-order valence-electron chi connectivity index (χ2n) is 5.87. The molecule has 0 bridgehead atoms. The van der Waals surface area contributed by atoms with Crippen molar-refractivity contribution in [3.05, 3.63) is 70.4 Å². The number of hydrogen-bond donors (Lipinski definition) is 1. The Balaban J connectivity index is 2.18. The first-order valence-electron chi connectivity index (χ1n) is 8.08. The molecule has 0 radical (unpaired) electrons. The van der Waals surface area contributed by atoms with Crippen molar-refractivity contribution in [2.24, 2.45) is 5.73 Å². The summed E-state index contributed by atoms with van der Waals surface area (Å²) in [5, 5.41) is 11.3. The van der Waals surface area contributed by atoms with Crippen LogP contribution in [0.5, 0.6) is 0 Å². The lowest BCUT2D eigenvalue weighted by molar-refractivity contribution is -0.384. The first-order valence-corrected chi connectivity index (χ1v) is 9.06. The van der Waals surface area contributed by atoms with Crippen LogP contribution in [-0.2, 0) is 11.0 Å². The maximum atomic E-state index is 13.2. The van der Waals surface area contributed by atoms with Gasteiger partial charge in [-0.15, -0.1) is 0 Å². The largest absolute Gasteiger partial charge is 0.416 e. The number of thioether (sulfide) groups is 1. The van der Waals surface area contributed by atoms with Crippen molar-refractivity contribution in [1.29, 1.82) is 0 Å². The van der Waals surface area contributed by atoms with Crippen LogP contribution in [0.4, 0.5) is 18.9 Å². The van der Waals surface area contributed by atoms with Gasteiger partial charge in [-0.25, -0.2) is 4.98 Å². The van der Waals surface area contributed by atoms with Gasteiger partial charge in [-0.05, 0) is 18.2 Å². The number of rotatable bonds is 6. The van der Waals surface area contributed by atoms with Crippen molar-refractivity contribution in [3.8, 4) is 16.9 Å². The van der Waals surface area contributed by atoms with Gasteiger partial charge in [0, 0.05) is 23.4 Å². The number of aromatic nitrogens is 2. The van der Waals surface area contributed by atoms with E-state index in [1.165, 1.54) is 41.1 Å². The third-order valence-corrected chi connectivity index (χ3v) is 4.83. The van der Waals surface area contributed by atoms with Crippen molar-refractivity contribution in [2.75, 3.05) is 5.75 Å². The summed E-state index contributed by atoms with van der Waals surface area (Å²) in [6, 6.07) is 10.2. The first-order chi connectivity index (χ1) is 13.7. The molecule has 3 aromatic rings. The molecule has 0 fully saturated rings. The number of amides is 1. The molecule has 0 aliphatic heterocycles. The third kappa shape index (κ3) is 4.57. The highest BCUT2D eigenvalue weighted by Gasteiger charge is 2.31. The van der Waals surface area contributed by atoms with E-state index in [0.29, 0.717) is 11.3 Å². The van der Waals surface area contributed by atoms with E-state index in [1.54, 1.807) is 6.07 Å². The number of primary amides is 1. The molecule has 7 nitrogen and oxygen atoms in total. The van der Waals surface area contributed by atoms with Gasteiger partial charge < -0.3 is 5.73 Å². The van der Waals surface area contributed by atoms with E-state index in [0.717, 1.165) is 23.9 Å². The van der Waals surface area contributed by atoms with E-state index in [2.05, 4.69) is 4.98 Å². The number of carbonyl (C=O) groups excluding carboxylic acids is 1. The molecule has 0 aliphatic carbocycles. The second-order valence-corrected chi connectivity index (χ2v) is 6.81. The number of non-ortho nitro benzene ring substituents is 1. The van der Waals surface area contributed by atoms with Crippen molar-refractivity contribution in [2.45, 2.75) is 11.3 Å². The fourth-order valence-electron chi connectivity index (χ4n) is 2.63. The lowest BCUT2D eigenvalue weighted by Crippen LogP contribution is -2.14. The van der Waals surface area contributed by atoms with Gasteiger partial charge in [0.15, 0.2) is 5.16 Å². The minimum Gasteiger partial charge on any atom is -0.369 e. The van der Waals surface area contributed by atoms with Crippen molar-refractivity contribution < 1.29 is 22.9 Å². The van der Waals surface area contributed by atoms with Crippen LogP contribution in [0.25, 0.3) is 16.9 Å². The zero-order valence-electron chi connectivity index (χ0n) is 14.6. The maximum Gasteiger partial charge on any atom is 0.416 e. The van der Waals surface area contributed by atoms with Gasteiger partial charge in [0.1, 0.15) is 0 Å². The number of hydrogen-bond acceptors (Lipinski definition) is 5. The zero-order valence-corrected chi connectivity index (χ0v) is 15.4. The average molecular weight is 422 g/mol. The topological polar surface area (TPSA) is 104 Å². The van der Waals surface area contributed by atoms with Crippen LogP contribution in [0.3, 0.4) is 0 Å². The van der Waals surface area contributed by atoms with E-state index in [1.807, 2.05) is 0 Å². The number of benzene rings is 2. The molecule has 2 N–H and O–H groups in total. The van der Waals surface area contributed by atoms with Gasteiger partial charge in [-0.3, -0.25) is 19.5 Å². The van der Waals surface area contributed by atoms with E-state index in [9.17, 15) is 28.1 Å². The fourth-order valence-corrected chi connectivity index (χ4v) is 3.36. The van der Waals surface area contributed by atoms with Crippen LogP contribution in [-0.4, -0.2) is 26.1 Å². The van der Waals surface area contributed by atoms with Gasteiger partial charge in [-0.1, -0.05) is 30.0 Å². The highest BCUT2D eigenvalue weighted by molar-refractivity contribution is 7.99. The Hall–Kier alpha value is -3.34. The number of nitrogens with two attached hydrogens (primary N) is 1. The first kappa shape index (κ1) is 20.4. The van der Waals surface area contributed by atoms with E-state index in [-0.39, 0.29) is 22.3 Å². The highest BCUT2D eigenvalue weighted by atomic mass is 32.2. The van der Waals surface area contributed by atoms with Crippen molar-refractivity contribution in [1.82, 2.24) is 9.55 Å². The number of nitro groups is 1. The molecule has 29 heavy (non-hydrogen) atoms. The number of nitrogens with zero attached hydrogens (tertiary/aromatic N) is 3. The van der Waals surface area contributed by atoms with Crippen molar-refractivity contribution >= 4 is 23.4 Å².